The van der Waals surface area contributed by atoms with E-state index >= 15 is 0 Å². The van der Waals surface area contributed by atoms with E-state index in [2.05, 4.69) is 35.5 Å². The molecule has 1 N–H and O–H groups in total. The molecule has 2 rings (SSSR count). The molecule has 1 heterocycles. The fraction of sp³-hybridized carbons (Fsp3) is 0.471. The van der Waals surface area contributed by atoms with Crippen LogP contribution in [0.5, 0.6) is 5.75 Å². The zero-order chi connectivity index (χ0) is 15.1. The standard InChI is InChI=1S/C17H25N3O/c1-4-18-15(9-10-16-11-12-19-20(16)2)13-14-7-5-6-8-17(14)21-3/h5-8,11-12,15,18H,4,9-10,13H2,1-3H3. The summed E-state index contributed by atoms with van der Waals surface area (Å²) in [6, 6.07) is 10.8. The smallest absolute Gasteiger partial charge is 0.122 e. The number of likely N-dealkylation sites (N-methyl/N-ethyl adjacent to an activating group) is 1. The highest BCUT2D eigenvalue weighted by Crippen LogP contribution is 2.20. The van der Waals surface area contributed by atoms with Gasteiger partial charge in [0.2, 0.25) is 0 Å². The average Bonchev–Trinajstić information content (AvgIpc) is 2.91. The Balaban J connectivity index is 2.00. The molecule has 21 heavy (non-hydrogen) atoms. The van der Waals surface area contributed by atoms with E-state index in [9.17, 15) is 0 Å². The van der Waals surface area contributed by atoms with E-state index in [1.165, 1.54) is 11.3 Å². The van der Waals surface area contributed by atoms with Crippen molar-refractivity contribution in [2.75, 3.05) is 13.7 Å². The van der Waals surface area contributed by atoms with E-state index < -0.39 is 0 Å². The van der Waals surface area contributed by atoms with Gasteiger partial charge in [-0.3, -0.25) is 4.68 Å². The predicted octanol–water partition coefficient (Wildman–Crippen LogP) is 2.58. The van der Waals surface area contributed by atoms with Crippen LogP contribution in [-0.4, -0.2) is 29.5 Å². The Morgan fingerprint density at radius 1 is 1.29 bits per heavy atom. The molecule has 1 aromatic heterocycles. The first-order valence-corrected chi connectivity index (χ1v) is 7.56. The van der Waals surface area contributed by atoms with Gasteiger partial charge >= 0.3 is 0 Å². The highest BCUT2D eigenvalue weighted by Gasteiger charge is 2.12. The first-order valence-electron chi connectivity index (χ1n) is 7.56. The Labute approximate surface area is 127 Å². The molecule has 1 atom stereocenters. The topological polar surface area (TPSA) is 39.1 Å². The highest BCUT2D eigenvalue weighted by molar-refractivity contribution is 5.33. The molecule has 0 radical (unpaired) electrons. The summed E-state index contributed by atoms with van der Waals surface area (Å²) in [6.07, 6.45) is 4.96. The van der Waals surface area contributed by atoms with Crippen molar-refractivity contribution in [2.24, 2.45) is 7.05 Å². The first kappa shape index (κ1) is 15.6. The van der Waals surface area contributed by atoms with E-state index in [4.69, 9.17) is 4.74 Å². The Morgan fingerprint density at radius 2 is 2.10 bits per heavy atom. The molecule has 0 spiro atoms. The van der Waals surface area contributed by atoms with Gasteiger partial charge in [0.1, 0.15) is 5.75 Å². The highest BCUT2D eigenvalue weighted by atomic mass is 16.5. The van der Waals surface area contributed by atoms with Crippen molar-refractivity contribution < 1.29 is 4.74 Å². The summed E-state index contributed by atoms with van der Waals surface area (Å²) in [6.45, 7) is 3.13. The number of rotatable bonds is 8. The molecule has 4 nitrogen and oxygen atoms in total. The average molecular weight is 287 g/mol. The van der Waals surface area contributed by atoms with Gasteiger partial charge in [0.15, 0.2) is 0 Å². The van der Waals surface area contributed by atoms with E-state index in [1.54, 1.807) is 7.11 Å². The van der Waals surface area contributed by atoms with Gasteiger partial charge in [-0.15, -0.1) is 0 Å². The molecule has 0 aliphatic rings. The van der Waals surface area contributed by atoms with Gasteiger partial charge in [0, 0.05) is 25.0 Å². The number of nitrogens with zero attached hydrogens (tertiary/aromatic N) is 2. The van der Waals surface area contributed by atoms with Crippen molar-refractivity contribution >= 4 is 0 Å². The Hall–Kier alpha value is -1.81. The number of hydrogen-bond acceptors (Lipinski definition) is 3. The fourth-order valence-electron chi connectivity index (χ4n) is 2.67. The summed E-state index contributed by atoms with van der Waals surface area (Å²) in [5, 5.41) is 7.81. The second-order valence-electron chi connectivity index (χ2n) is 5.26. The van der Waals surface area contributed by atoms with Gasteiger partial charge in [-0.1, -0.05) is 25.1 Å². The number of para-hydroxylation sites is 1. The lowest BCUT2D eigenvalue weighted by Gasteiger charge is -2.19. The molecular formula is C17H25N3O. The quantitative estimate of drug-likeness (QED) is 0.811. The van der Waals surface area contributed by atoms with Gasteiger partial charge in [0.25, 0.3) is 0 Å². The molecule has 0 amide bonds. The largest absolute Gasteiger partial charge is 0.496 e. The zero-order valence-electron chi connectivity index (χ0n) is 13.2. The third kappa shape index (κ3) is 4.33. The molecule has 0 aliphatic carbocycles. The van der Waals surface area contributed by atoms with Crippen LogP contribution in [0.4, 0.5) is 0 Å². The molecular weight excluding hydrogens is 262 g/mol. The number of aryl methyl sites for hydroxylation is 2. The molecule has 1 aromatic carbocycles. The zero-order valence-corrected chi connectivity index (χ0v) is 13.2. The number of benzene rings is 1. The SMILES string of the molecule is CCNC(CCc1ccnn1C)Cc1ccccc1OC. The summed E-state index contributed by atoms with van der Waals surface area (Å²) in [4.78, 5) is 0. The van der Waals surface area contributed by atoms with Crippen molar-refractivity contribution in [3.8, 4) is 5.75 Å². The molecule has 0 aliphatic heterocycles. The second kappa shape index (κ2) is 7.84. The van der Waals surface area contributed by atoms with Gasteiger partial charge in [-0.2, -0.15) is 5.10 Å². The maximum Gasteiger partial charge on any atom is 0.122 e. The Kier molecular flexibility index (Phi) is 5.81. The maximum absolute atomic E-state index is 5.45. The lowest BCUT2D eigenvalue weighted by molar-refractivity contribution is 0.402. The van der Waals surface area contributed by atoms with E-state index in [-0.39, 0.29) is 0 Å². The van der Waals surface area contributed by atoms with Crippen LogP contribution in [0.2, 0.25) is 0 Å². The van der Waals surface area contributed by atoms with Gasteiger partial charge in [-0.05, 0) is 43.5 Å². The number of aromatic nitrogens is 2. The van der Waals surface area contributed by atoms with Gasteiger partial charge in [0.05, 0.1) is 7.11 Å². The summed E-state index contributed by atoms with van der Waals surface area (Å²) in [5.41, 5.74) is 2.54. The van der Waals surface area contributed by atoms with Gasteiger partial charge < -0.3 is 10.1 Å². The lowest BCUT2D eigenvalue weighted by Crippen LogP contribution is -2.31. The van der Waals surface area contributed by atoms with Crippen molar-refractivity contribution in [1.82, 2.24) is 15.1 Å². The van der Waals surface area contributed by atoms with Crippen molar-refractivity contribution in [3.05, 3.63) is 47.8 Å². The number of methoxy groups -OCH3 is 1. The minimum atomic E-state index is 0.446. The minimum Gasteiger partial charge on any atom is -0.496 e. The van der Waals surface area contributed by atoms with E-state index in [0.717, 1.165) is 31.6 Å². The van der Waals surface area contributed by atoms with Crippen molar-refractivity contribution in [2.45, 2.75) is 32.2 Å². The predicted molar refractivity (Wildman–Crippen MR) is 85.7 cm³/mol. The van der Waals surface area contributed by atoms with Crippen LogP contribution in [0.25, 0.3) is 0 Å². The molecule has 2 aromatic rings. The van der Waals surface area contributed by atoms with Crippen molar-refractivity contribution in [1.29, 1.82) is 0 Å². The first-order chi connectivity index (χ1) is 10.2. The lowest BCUT2D eigenvalue weighted by atomic mass is 10.00. The van der Waals surface area contributed by atoms with Crippen LogP contribution in [0, 0.1) is 0 Å². The maximum atomic E-state index is 5.45. The second-order valence-corrected chi connectivity index (χ2v) is 5.26. The van der Waals surface area contributed by atoms with Crippen LogP contribution in [0.3, 0.4) is 0 Å². The molecule has 0 bridgehead atoms. The van der Waals surface area contributed by atoms with Crippen LogP contribution >= 0.6 is 0 Å². The van der Waals surface area contributed by atoms with Crippen LogP contribution in [0.15, 0.2) is 36.5 Å². The number of ether oxygens (including phenoxy) is 1. The number of nitrogens with one attached hydrogen (secondary N) is 1. The summed E-state index contributed by atoms with van der Waals surface area (Å²) >= 11 is 0. The Bertz CT molecular complexity index is 550. The molecule has 114 valence electrons. The normalized spacial score (nSPS) is 12.3. The van der Waals surface area contributed by atoms with Crippen LogP contribution in [0.1, 0.15) is 24.6 Å². The fourth-order valence-corrected chi connectivity index (χ4v) is 2.67. The number of hydrogen-bond donors (Lipinski definition) is 1. The summed E-state index contributed by atoms with van der Waals surface area (Å²) < 4.78 is 7.40. The van der Waals surface area contributed by atoms with E-state index in [0.29, 0.717) is 6.04 Å². The monoisotopic (exact) mass is 287 g/mol. The van der Waals surface area contributed by atoms with Crippen molar-refractivity contribution in [3.63, 3.8) is 0 Å². The van der Waals surface area contributed by atoms with Gasteiger partial charge in [-0.25, -0.2) is 0 Å². The van der Waals surface area contributed by atoms with E-state index in [1.807, 2.05) is 30.1 Å². The molecule has 0 fully saturated rings. The Morgan fingerprint density at radius 3 is 2.76 bits per heavy atom. The molecule has 1 unspecified atom stereocenters. The third-order valence-corrected chi connectivity index (χ3v) is 3.82. The van der Waals surface area contributed by atoms with Crippen LogP contribution in [-0.2, 0) is 19.9 Å². The van der Waals surface area contributed by atoms with Crippen LogP contribution < -0.4 is 10.1 Å². The summed E-state index contributed by atoms with van der Waals surface area (Å²) in [5.74, 6) is 0.973. The summed E-state index contributed by atoms with van der Waals surface area (Å²) in [7, 11) is 3.73. The minimum absolute atomic E-state index is 0.446. The third-order valence-electron chi connectivity index (χ3n) is 3.82. The molecule has 4 heteroatoms. The molecule has 0 saturated heterocycles. The molecule has 0 saturated carbocycles.